The lowest BCUT2D eigenvalue weighted by Gasteiger charge is -2.20. The largest absolute Gasteiger partial charge is 0.481 e. The summed E-state index contributed by atoms with van der Waals surface area (Å²) in [5, 5.41) is 19.4. The minimum absolute atomic E-state index is 0.0318. The first-order valence-corrected chi connectivity index (χ1v) is 5.89. The lowest BCUT2D eigenvalue weighted by molar-refractivity contribution is -0.145. The number of hydrogen-bond acceptors (Lipinski definition) is 5. The molecule has 3 N–H and O–H groups in total. The Balaban J connectivity index is 4.31. The summed E-state index contributed by atoms with van der Waals surface area (Å²) >= 11 is 0. The number of aliphatic carboxylic acids is 2. The van der Waals surface area contributed by atoms with Crippen molar-refractivity contribution in [1.29, 1.82) is 0 Å². The zero-order chi connectivity index (χ0) is 15.7. The third kappa shape index (κ3) is 7.19. The molecule has 0 bridgehead atoms. The van der Waals surface area contributed by atoms with E-state index in [-0.39, 0.29) is 19.6 Å². The predicted molar refractivity (Wildman–Crippen MR) is 66.1 cm³/mol. The van der Waals surface area contributed by atoms with Crippen LogP contribution in [0.25, 0.3) is 0 Å². The van der Waals surface area contributed by atoms with Crippen LogP contribution in [0.2, 0.25) is 0 Å². The molecule has 2 amide bonds. The number of amides is 2. The van der Waals surface area contributed by atoms with Crippen LogP contribution in [-0.4, -0.2) is 65.3 Å². The molecule has 20 heavy (non-hydrogen) atoms. The summed E-state index contributed by atoms with van der Waals surface area (Å²) in [6.45, 7) is 1.91. The Hall–Kier alpha value is -2.32. The lowest BCUT2D eigenvalue weighted by atomic mass is 10.2. The molecule has 114 valence electrons. The van der Waals surface area contributed by atoms with Gasteiger partial charge < -0.3 is 25.2 Å². The van der Waals surface area contributed by atoms with Gasteiger partial charge in [-0.15, -0.1) is 0 Å². The van der Waals surface area contributed by atoms with Crippen molar-refractivity contribution in [2.24, 2.45) is 0 Å². The first-order valence-electron chi connectivity index (χ1n) is 5.89. The average Bonchev–Trinajstić information content (AvgIpc) is 2.34. The maximum atomic E-state index is 11.6. The fourth-order valence-electron chi connectivity index (χ4n) is 1.23. The Labute approximate surface area is 115 Å². The highest BCUT2D eigenvalue weighted by Gasteiger charge is 2.24. The molecule has 0 fully saturated rings. The number of rotatable bonds is 8. The molecule has 0 aromatic rings. The van der Waals surface area contributed by atoms with Gasteiger partial charge in [0.05, 0.1) is 19.4 Å². The molecule has 0 saturated heterocycles. The van der Waals surface area contributed by atoms with E-state index in [9.17, 15) is 19.2 Å². The van der Waals surface area contributed by atoms with Gasteiger partial charge in [0.15, 0.2) is 0 Å². The first-order chi connectivity index (χ1) is 9.27. The smallest absolute Gasteiger partial charge is 0.326 e. The van der Waals surface area contributed by atoms with Gasteiger partial charge in [-0.05, 0) is 6.92 Å². The number of carboxylic acids is 2. The average molecular weight is 290 g/mol. The molecule has 1 atom stereocenters. The zero-order valence-corrected chi connectivity index (χ0v) is 11.3. The van der Waals surface area contributed by atoms with Crippen molar-refractivity contribution in [1.82, 2.24) is 10.2 Å². The van der Waals surface area contributed by atoms with Crippen molar-refractivity contribution in [2.45, 2.75) is 25.8 Å². The van der Waals surface area contributed by atoms with Gasteiger partial charge in [-0.1, -0.05) is 0 Å². The van der Waals surface area contributed by atoms with E-state index in [0.29, 0.717) is 0 Å². The van der Waals surface area contributed by atoms with E-state index in [1.54, 1.807) is 6.92 Å². The van der Waals surface area contributed by atoms with E-state index in [0.717, 1.165) is 4.90 Å². The van der Waals surface area contributed by atoms with Crippen molar-refractivity contribution >= 4 is 23.9 Å². The molecule has 0 spiro atoms. The summed E-state index contributed by atoms with van der Waals surface area (Å²) in [5.74, 6) is -3.26. The highest BCUT2D eigenvalue weighted by molar-refractivity contribution is 5.86. The number of nitrogens with zero attached hydrogens (tertiary/aromatic N) is 1. The standard InChI is InChI=1S/C11H18N2O7/c1-3-20-9(16)4-5-13(2)11(19)12-7(10(17)18)6-8(14)15/h7H,3-6H2,1-2H3,(H,12,19)(H,14,15)(H,17,18)/t7-/m0/s1. The third-order valence-corrected chi connectivity index (χ3v) is 2.28. The van der Waals surface area contributed by atoms with Gasteiger partial charge in [0.1, 0.15) is 6.04 Å². The fraction of sp³-hybridized carbons (Fsp3) is 0.636. The molecular weight excluding hydrogens is 272 g/mol. The van der Waals surface area contributed by atoms with Crippen LogP contribution in [0.4, 0.5) is 4.79 Å². The van der Waals surface area contributed by atoms with Crippen LogP contribution in [0.3, 0.4) is 0 Å². The number of carbonyl (C=O) groups excluding carboxylic acids is 2. The molecule has 0 heterocycles. The molecule has 9 nitrogen and oxygen atoms in total. The van der Waals surface area contributed by atoms with Gasteiger partial charge in [0, 0.05) is 13.6 Å². The number of esters is 1. The molecule has 0 aliphatic carbocycles. The first kappa shape index (κ1) is 17.7. The molecule has 0 aliphatic heterocycles. The van der Waals surface area contributed by atoms with E-state index in [2.05, 4.69) is 10.1 Å². The summed E-state index contributed by atoms with van der Waals surface area (Å²) < 4.78 is 4.67. The van der Waals surface area contributed by atoms with Gasteiger partial charge in [-0.3, -0.25) is 9.59 Å². The fourth-order valence-corrected chi connectivity index (χ4v) is 1.23. The Kier molecular flexibility index (Phi) is 7.71. The van der Waals surface area contributed by atoms with E-state index >= 15 is 0 Å². The summed E-state index contributed by atoms with van der Waals surface area (Å²) in [6.07, 6.45) is -0.763. The Morgan fingerprint density at radius 3 is 2.30 bits per heavy atom. The van der Waals surface area contributed by atoms with E-state index in [1.165, 1.54) is 7.05 Å². The molecule has 0 saturated carbocycles. The van der Waals surface area contributed by atoms with Crippen LogP contribution in [0, 0.1) is 0 Å². The Morgan fingerprint density at radius 2 is 1.85 bits per heavy atom. The van der Waals surface area contributed by atoms with Crippen LogP contribution < -0.4 is 5.32 Å². The van der Waals surface area contributed by atoms with Gasteiger partial charge in [-0.25, -0.2) is 9.59 Å². The topological polar surface area (TPSA) is 133 Å². The van der Waals surface area contributed by atoms with Gasteiger partial charge in [0.25, 0.3) is 0 Å². The van der Waals surface area contributed by atoms with Crippen molar-refractivity contribution in [3.63, 3.8) is 0 Å². The minimum atomic E-state index is -1.52. The molecule has 0 unspecified atom stereocenters. The predicted octanol–water partition coefficient (Wildman–Crippen LogP) is -0.491. The molecule has 0 aliphatic rings. The van der Waals surface area contributed by atoms with Crippen LogP contribution >= 0.6 is 0 Å². The van der Waals surface area contributed by atoms with Gasteiger partial charge >= 0.3 is 23.9 Å². The van der Waals surface area contributed by atoms with Crippen molar-refractivity contribution in [3.05, 3.63) is 0 Å². The van der Waals surface area contributed by atoms with E-state index in [1.807, 2.05) is 0 Å². The maximum absolute atomic E-state index is 11.6. The SMILES string of the molecule is CCOC(=O)CCN(C)C(=O)N[C@@H](CC(=O)O)C(=O)O. The van der Waals surface area contributed by atoms with Crippen molar-refractivity contribution in [3.8, 4) is 0 Å². The lowest BCUT2D eigenvalue weighted by Crippen LogP contribution is -2.48. The van der Waals surface area contributed by atoms with Crippen LogP contribution in [0.5, 0.6) is 0 Å². The van der Waals surface area contributed by atoms with Crippen LogP contribution in [0.1, 0.15) is 19.8 Å². The number of ether oxygens (including phenoxy) is 1. The molecule has 0 rings (SSSR count). The van der Waals surface area contributed by atoms with Gasteiger partial charge in [0.2, 0.25) is 0 Å². The molecular formula is C11H18N2O7. The van der Waals surface area contributed by atoms with Crippen molar-refractivity contribution < 1.29 is 34.1 Å². The number of hydrogen-bond donors (Lipinski definition) is 3. The number of carbonyl (C=O) groups is 4. The van der Waals surface area contributed by atoms with Gasteiger partial charge in [-0.2, -0.15) is 0 Å². The molecule has 0 radical (unpaired) electrons. The second kappa shape index (κ2) is 8.73. The quantitative estimate of drug-likeness (QED) is 0.513. The van der Waals surface area contributed by atoms with Crippen LogP contribution in [-0.2, 0) is 19.1 Å². The molecule has 9 heteroatoms. The second-order valence-corrected chi connectivity index (χ2v) is 3.91. The third-order valence-electron chi connectivity index (χ3n) is 2.28. The Bertz CT molecular complexity index is 383. The second-order valence-electron chi connectivity index (χ2n) is 3.91. The van der Waals surface area contributed by atoms with E-state index < -0.39 is 36.4 Å². The number of carboxylic acid groups (broad SMARTS) is 2. The zero-order valence-electron chi connectivity index (χ0n) is 11.3. The Morgan fingerprint density at radius 1 is 1.25 bits per heavy atom. The normalized spacial score (nSPS) is 11.3. The monoisotopic (exact) mass is 290 g/mol. The molecule has 0 aromatic carbocycles. The van der Waals surface area contributed by atoms with Crippen molar-refractivity contribution in [2.75, 3.05) is 20.2 Å². The van der Waals surface area contributed by atoms with Crippen LogP contribution in [0.15, 0.2) is 0 Å². The highest BCUT2D eigenvalue weighted by atomic mass is 16.5. The summed E-state index contributed by atoms with van der Waals surface area (Å²) in [4.78, 5) is 45.0. The summed E-state index contributed by atoms with van der Waals surface area (Å²) in [5.41, 5.74) is 0. The summed E-state index contributed by atoms with van der Waals surface area (Å²) in [6, 6.07) is -2.30. The van der Waals surface area contributed by atoms with E-state index in [4.69, 9.17) is 10.2 Å². The number of nitrogens with one attached hydrogen (secondary N) is 1. The summed E-state index contributed by atoms with van der Waals surface area (Å²) in [7, 11) is 1.36. The number of urea groups is 1. The minimum Gasteiger partial charge on any atom is -0.481 e. The molecule has 0 aromatic heterocycles. The maximum Gasteiger partial charge on any atom is 0.326 e. The highest BCUT2D eigenvalue weighted by Crippen LogP contribution is 1.97.